The minimum atomic E-state index is -3.08. The summed E-state index contributed by atoms with van der Waals surface area (Å²) in [6.07, 6.45) is 5.11. The van der Waals surface area contributed by atoms with Gasteiger partial charge >= 0.3 is 12.6 Å². The Balaban J connectivity index is 1.73. The number of hydrogen-bond donors (Lipinski definition) is 2. The van der Waals surface area contributed by atoms with E-state index < -0.39 is 37.5 Å². The van der Waals surface area contributed by atoms with Crippen LogP contribution in [0.15, 0.2) is 24.3 Å². The summed E-state index contributed by atoms with van der Waals surface area (Å²) in [4.78, 5) is 35.5. The van der Waals surface area contributed by atoms with Crippen LogP contribution in [0.5, 0.6) is 5.75 Å². The summed E-state index contributed by atoms with van der Waals surface area (Å²) in [5, 5.41) is 5.05. The highest BCUT2D eigenvalue weighted by atomic mass is 19.3. The second-order valence-corrected chi connectivity index (χ2v) is 6.12. The molecule has 0 heterocycles. The zero-order valence-electron chi connectivity index (χ0n) is 14.7. The second kappa shape index (κ2) is 10.4. The molecule has 1 aromatic rings. The summed E-state index contributed by atoms with van der Waals surface area (Å²) >= 11 is 0. The number of amides is 2. The van der Waals surface area contributed by atoms with Gasteiger partial charge in [-0.15, -0.1) is 0 Å². The predicted octanol–water partition coefficient (Wildman–Crippen LogP) is 2.01. The van der Waals surface area contributed by atoms with E-state index in [0.29, 0.717) is 0 Å². The van der Waals surface area contributed by atoms with Crippen LogP contribution in [-0.4, -0.2) is 43.6 Å². The lowest BCUT2D eigenvalue weighted by Crippen LogP contribution is -2.39. The molecular weight excluding hydrogens is 362 g/mol. The van der Waals surface area contributed by atoms with Crippen molar-refractivity contribution in [2.75, 3.05) is 13.2 Å². The number of rotatable bonds is 8. The van der Waals surface area contributed by atoms with Gasteiger partial charge in [0, 0.05) is 6.04 Å². The van der Waals surface area contributed by atoms with Gasteiger partial charge in [0.2, 0.25) is 0 Å². The van der Waals surface area contributed by atoms with Crippen molar-refractivity contribution in [1.82, 2.24) is 10.6 Å². The number of alkyl halides is 2. The van der Waals surface area contributed by atoms with Crippen LogP contribution in [0.25, 0.3) is 0 Å². The monoisotopic (exact) mass is 384 g/mol. The largest absolute Gasteiger partial charge is 0.454 e. The SMILES string of the molecule is O=C(COC(=O)CNC(=O)c1ccccc1OC(F)F)NC1CCCCC1. The minimum absolute atomic E-state index is 0.107. The highest BCUT2D eigenvalue weighted by Gasteiger charge is 2.18. The summed E-state index contributed by atoms with van der Waals surface area (Å²) in [5.74, 6) is -2.27. The summed E-state index contributed by atoms with van der Waals surface area (Å²) < 4.78 is 33.8. The third kappa shape index (κ3) is 7.20. The fourth-order valence-electron chi connectivity index (χ4n) is 2.81. The van der Waals surface area contributed by atoms with Gasteiger partial charge < -0.3 is 20.1 Å². The molecule has 0 unspecified atom stereocenters. The molecule has 148 valence electrons. The van der Waals surface area contributed by atoms with Crippen LogP contribution < -0.4 is 15.4 Å². The van der Waals surface area contributed by atoms with Gasteiger partial charge in [0.25, 0.3) is 11.8 Å². The highest BCUT2D eigenvalue weighted by molar-refractivity contribution is 5.98. The topological polar surface area (TPSA) is 93.7 Å². The van der Waals surface area contributed by atoms with Crippen molar-refractivity contribution in [1.29, 1.82) is 0 Å². The molecule has 9 heteroatoms. The van der Waals surface area contributed by atoms with Crippen LogP contribution in [0.2, 0.25) is 0 Å². The molecule has 0 spiro atoms. The Bertz CT molecular complexity index is 663. The molecule has 0 radical (unpaired) electrons. The molecule has 0 atom stereocenters. The van der Waals surface area contributed by atoms with Gasteiger partial charge in [-0.3, -0.25) is 14.4 Å². The van der Waals surface area contributed by atoms with E-state index in [9.17, 15) is 23.2 Å². The average Bonchev–Trinajstić information content (AvgIpc) is 2.65. The van der Waals surface area contributed by atoms with E-state index in [4.69, 9.17) is 4.74 Å². The van der Waals surface area contributed by atoms with Gasteiger partial charge in [0.15, 0.2) is 6.61 Å². The molecule has 7 nitrogen and oxygen atoms in total. The fraction of sp³-hybridized carbons (Fsp3) is 0.500. The Labute approximate surface area is 155 Å². The third-order valence-corrected chi connectivity index (χ3v) is 4.08. The molecule has 1 aromatic carbocycles. The predicted molar refractivity (Wildman–Crippen MR) is 91.4 cm³/mol. The van der Waals surface area contributed by atoms with E-state index in [1.807, 2.05) is 0 Å². The zero-order chi connectivity index (χ0) is 19.6. The van der Waals surface area contributed by atoms with Gasteiger partial charge in [-0.2, -0.15) is 8.78 Å². The number of hydrogen-bond acceptors (Lipinski definition) is 5. The molecule has 2 amide bonds. The lowest BCUT2D eigenvalue weighted by molar-refractivity contribution is -0.147. The van der Waals surface area contributed by atoms with Gasteiger partial charge in [0.05, 0.1) is 5.56 Å². The lowest BCUT2D eigenvalue weighted by Gasteiger charge is -2.22. The second-order valence-electron chi connectivity index (χ2n) is 6.12. The van der Waals surface area contributed by atoms with Gasteiger partial charge in [-0.05, 0) is 25.0 Å². The number of para-hydroxylation sites is 1. The molecule has 1 aliphatic carbocycles. The quantitative estimate of drug-likeness (QED) is 0.669. The molecule has 1 fully saturated rings. The van der Waals surface area contributed by atoms with Gasteiger partial charge in [0.1, 0.15) is 12.3 Å². The molecule has 1 aliphatic rings. The normalized spacial score (nSPS) is 14.5. The lowest BCUT2D eigenvalue weighted by atomic mass is 9.95. The number of ether oxygens (including phenoxy) is 2. The van der Waals surface area contributed by atoms with Crippen LogP contribution >= 0.6 is 0 Å². The van der Waals surface area contributed by atoms with Crippen molar-refractivity contribution < 1.29 is 32.6 Å². The van der Waals surface area contributed by atoms with Crippen molar-refractivity contribution in [3.8, 4) is 5.75 Å². The van der Waals surface area contributed by atoms with Crippen molar-refractivity contribution in [2.24, 2.45) is 0 Å². The first-order chi connectivity index (χ1) is 13.0. The minimum Gasteiger partial charge on any atom is -0.454 e. The Morgan fingerprint density at radius 3 is 2.52 bits per heavy atom. The first kappa shape index (κ1) is 20.6. The first-order valence-electron chi connectivity index (χ1n) is 8.72. The highest BCUT2D eigenvalue weighted by Crippen LogP contribution is 2.20. The molecular formula is C18H22F2N2O5. The Kier molecular flexibility index (Phi) is 7.97. The van der Waals surface area contributed by atoms with E-state index in [2.05, 4.69) is 15.4 Å². The van der Waals surface area contributed by atoms with E-state index >= 15 is 0 Å². The number of carbonyl (C=O) groups excluding carboxylic acids is 3. The number of nitrogens with one attached hydrogen (secondary N) is 2. The Morgan fingerprint density at radius 2 is 1.81 bits per heavy atom. The molecule has 0 aliphatic heterocycles. The van der Waals surface area contributed by atoms with Gasteiger partial charge in [-0.1, -0.05) is 31.4 Å². The van der Waals surface area contributed by atoms with E-state index in [1.165, 1.54) is 24.3 Å². The summed E-state index contributed by atoms with van der Waals surface area (Å²) in [6.45, 7) is -4.01. The number of esters is 1. The van der Waals surface area contributed by atoms with E-state index in [1.54, 1.807) is 0 Å². The van der Waals surface area contributed by atoms with Crippen LogP contribution in [0.3, 0.4) is 0 Å². The smallest absolute Gasteiger partial charge is 0.387 e. The van der Waals surface area contributed by atoms with Crippen molar-refractivity contribution in [3.05, 3.63) is 29.8 Å². The summed E-state index contributed by atoms with van der Waals surface area (Å²) in [7, 11) is 0. The summed E-state index contributed by atoms with van der Waals surface area (Å²) in [5.41, 5.74) is -0.138. The van der Waals surface area contributed by atoms with Crippen molar-refractivity contribution in [2.45, 2.75) is 44.8 Å². The third-order valence-electron chi connectivity index (χ3n) is 4.08. The Hall–Kier alpha value is -2.71. The maximum atomic E-state index is 12.4. The molecule has 27 heavy (non-hydrogen) atoms. The number of halogens is 2. The van der Waals surface area contributed by atoms with Crippen molar-refractivity contribution in [3.63, 3.8) is 0 Å². The Morgan fingerprint density at radius 1 is 1.11 bits per heavy atom. The molecule has 1 saturated carbocycles. The van der Waals surface area contributed by atoms with Gasteiger partial charge in [-0.25, -0.2) is 0 Å². The average molecular weight is 384 g/mol. The summed E-state index contributed by atoms with van der Waals surface area (Å²) in [6, 6.07) is 5.52. The molecule has 0 aromatic heterocycles. The number of benzene rings is 1. The van der Waals surface area contributed by atoms with Crippen LogP contribution in [0.4, 0.5) is 8.78 Å². The fourth-order valence-corrected chi connectivity index (χ4v) is 2.81. The zero-order valence-corrected chi connectivity index (χ0v) is 14.7. The van der Waals surface area contributed by atoms with E-state index in [0.717, 1.165) is 32.1 Å². The van der Waals surface area contributed by atoms with Crippen molar-refractivity contribution >= 4 is 17.8 Å². The molecule has 0 saturated heterocycles. The first-order valence-corrected chi connectivity index (χ1v) is 8.72. The maximum Gasteiger partial charge on any atom is 0.387 e. The maximum absolute atomic E-state index is 12.4. The number of carbonyl (C=O) groups is 3. The molecule has 2 rings (SSSR count). The standard InChI is InChI=1S/C18H22F2N2O5/c19-18(20)27-14-9-5-4-8-13(14)17(25)21-10-16(24)26-11-15(23)22-12-6-2-1-3-7-12/h4-5,8-9,12,18H,1-3,6-7,10-11H2,(H,21,25)(H,22,23). The van der Waals surface area contributed by atoms with E-state index in [-0.39, 0.29) is 17.4 Å². The van der Waals surface area contributed by atoms with Crippen LogP contribution in [-0.2, 0) is 14.3 Å². The van der Waals surface area contributed by atoms with Crippen LogP contribution in [0.1, 0.15) is 42.5 Å². The molecule has 0 bridgehead atoms. The van der Waals surface area contributed by atoms with Crippen LogP contribution in [0, 0.1) is 0 Å². The molecule has 2 N–H and O–H groups in total.